The van der Waals surface area contributed by atoms with Crippen LogP contribution in [0.2, 0.25) is 0 Å². The third-order valence-electron chi connectivity index (χ3n) is 11.4. The lowest BCUT2D eigenvalue weighted by Gasteiger charge is -2.34. The third kappa shape index (κ3) is 6.66. The maximum absolute atomic E-state index is 14.5. The molecule has 49 heavy (non-hydrogen) atoms. The van der Waals surface area contributed by atoms with Gasteiger partial charge in [-0.15, -0.1) is 0 Å². The van der Waals surface area contributed by atoms with Crippen LogP contribution >= 0.6 is 0 Å². The number of piperazine rings is 1. The molecule has 258 valence electrons. The molecule has 0 unspecified atom stereocenters. The van der Waals surface area contributed by atoms with Gasteiger partial charge in [-0.3, -0.25) is 24.0 Å². The molecular weight excluding hydrogens is 619 g/mol. The van der Waals surface area contributed by atoms with Gasteiger partial charge >= 0.3 is 5.69 Å². The summed E-state index contributed by atoms with van der Waals surface area (Å²) < 4.78 is 17.3. The van der Waals surface area contributed by atoms with Gasteiger partial charge in [0.05, 0.1) is 22.8 Å². The van der Waals surface area contributed by atoms with Crippen molar-refractivity contribution in [1.82, 2.24) is 28.8 Å². The molecule has 0 spiro atoms. The molecule has 3 fully saturated rings. The highest BCUT2D eigenvalue weighted by molar-refractivity contribution is 5.91. The fourth-order valence-corrected chi connectivity index (χ4v) is 8.04. The SMILES string of the molecule is CCN1CCN(Cc2ccc(-c3cccc(-n4c(=O)n(C5CCC(CC(=O)C6(N(C)C)CC6)CC5)c(=O)c5cc(F)cnc54)c3)cc2)CC1. The number of ketones is 1. The van der Waals surface area contributed by atoms with Crippen LogP contribution in [-0.2, 0) is 11.3 Å². The largest absolute Gasteiger partial charge is 0.337 e. The van der Waals surface area contributed by atoms with E-state index in [1.54, 1.807) is 0 Å². The van der Waals surface area contributed by atoms with Crippen molar-refractivity contribution in [2.24, 2.45) is 5.92 Å². The number of pyridine rings is 1. The summed E-state index contributed by atoms with van der Waals surface area (Å²) in [4.78, 5) is 52.5. The molecule has 0 bridgehead atoms. The minimum absolute atomic E-state index is 0.0769. The first kappa shape index (κ1) is 33.5. The van der Waals surface area contributed by atoms with Crippen LogP contribution in [-0.4, -0.2) is 87.0 Å². The topological polar surface area (TPSA) is 83.7 Å². The van der Waals surface area contributed by atoms with Gasteiger partial charge in [-0.25, -0.2) is 18.7 Å². The number of likely N-dealkylation sites (N-methyl/N-ethyl adjacent to an activating group) is 2. The second-order valence-electron chi connectivity index (χ2n) is 14.5. The molecule has 4 aromatic rings. The number of hydrogen-bond donors (Lipinski definition) is 0. The Morgan fingerprint density at radius 1 is 0.918 bits per heavy atom. The zero-order valence-corrected chi connectivity index (χ0v) is 28.9. The van der Waals surface area contributed by atoms with Crippen LogP contribution in [0.15, 0.2) is 70.4 Å². The molecule has 2 aliphatic carbocycles. The van der Waals surface area contributed by atoms with Crippen LogP contribution in [0, 0.1) is 11.7 Å². The van der Waals surface area contributed by atoms with E-state index >= 15 is 0 Å². The van der Waals surface area contributed by atoms with Crippen LogP contribution in [0.5, 0.6) is 0 Å². The number of hydrogen-bond acceptors (Lipinski definition) is 7. The minimum Gasteiger partial charge on any atom is -0.301 e. The van der Waals surface area contributed by atoms with Crippen molar-refractivity contribution in [2.45, 2.75) is 70.0 Å². The number of carbonyl (C=O) groups is 1. The van der Waals surface area contributed by atoms with E-state index in [-0.39, 0.29) is 28.5 Å². The Morgan fingerprint density at radius 3 is 2.27 bits per heavy atom. The summed E-state index contributed by atoms with van der Waals surface area (Å²) in [5.74, 6) is -0.0970. The minimum atomic E-state index is -0.625. The molecule has 2 saturated carbocycles. The first-order valence-corrected chi connectivity index (χ1v) is 17.8. The Bertz CT molecular complexity index is 1950. The van der Waals surface area contributed by atoms with E-state index in [9.17, 15) is 18.8 Å². The maximum Gasteiger partial charge on any atom is 0.337 e. The highest BCUT2D eigenvalue weighted by Gasteiger charge is 2.51. The summed E-state index contributed by atoms with van der Waals surface area (Å²) in [5.41, 5.74) is 2.60. The van der Waals surface area contributed by atoms with Gasteiger partial charge in [-0.2, -0.15) is 0 Å². The molecule has 2 aromatic heterocycles. The molecule has 3 aliphatic rings. The first-order chi connectivity index (χ1) is 23.7. The van der Waals surface area contributed by atoms with Gasteiger partial charge in [0, 0.05) is 45.2 Å². The summed E-state index contributed by atoms with van der Waals surface area (Å²) in [5, 5.41) is 0.0769. The Hall–Kier alpha value is -3.99. The van der Waals surface area contributed by atoms with Crippen molar-refractivity contribution in [3.05, 3.63) is 93.0 Å². The van der Waals surface area contributed by atoms with Crippen LogP contribution in [0.1, 0.15) is 63.5 Å². The van der Waals surface area contributed by atoms with Crippen LogP contribution < -0.4 is 11.2 Å². The van der Waals surface area contributed by atoms with Gasteiger partial charge in [-0.1, -0.05) is 43.3 Å². The van der Waals surface area contributed by atoms with E-state index in [1.165, 1.54) is 20.8 Å². The van der Waals surface area contributed by atoms with Crippen molar-refractivity contribution in [3.63, 3.8) is 0 Å². The molecule has 0 radical (unpaired) electrons. The average Bonchev–Trinajstić information content (AvgIpc) is 3.93. The highest BCUT2D eigenvalue weighted by Crippen LogP contribution is 2.44. The lowest BCUT2D eigenvalue weighted by Crippen LogP contribution is -2.45. The van der Waals surface area contributed by atoms with Gasteiger partial charge in [0.1, 0.15) is 5.82 Å². The normalized spacial score (nSPS) is 21.3. The molecule has 2 aromatic carbocycles. The van der Waals surface area contributed by atoms with Crippen molar-refractivity contribution in [1.29, 1.82) is 0 Å². The lowest BCUT2D eigenvalue weighted by molar-refractivity contribution is -0.126. The molecular formula is C39H47FN6O3. The smallest absolute Gasteiger partial charge is 0.301 e. The summed E-state index contributed by atoms with van der Waals surface area (Å²) in [7, 11) is 3.94. The molecule has 0 amide bonds. The Labute approximate surface area is 287 Å². The number of halogens is 1. The van der Waals surface area contributed by atoms with Crippen LogP contribution in [0.3, 0.4) is 0 Å². The van der Waals surface area contributed by atoms with Gasteiger partial charge in [0.15, 0.2) is 11.4 Å². The number of fused-ring (bicyclic) bond motifs is 1. The molecule has 0 atom stereocenters. The Morgan fingerprint density at radius 2 is 1.61 bits per heavy atom. The number of carbonyl (C=O) groups excluding carboxylic acids is 1. The van der Waals surface area contributed by atoms with Crippen molar-refractivity contribution in [3.8, 4) is 16.8 Å². The average molecular weight is 667 g/mol. The zero-order valence-electron chi connectivity index (χ0n) is 28.9. The van der Waals surface area contributed by atoms with Crippen LogP contribution in [0.4, 0.5) is 4.39 Å². The van der Waals surface area contributed by atoms with Gasteiger partial charge in [0.2, 0.25) is 0 Å². The number of rotatable bonds is 10. The predicted octanol–water partition coefficient (Wildman–Crippen LogP) is 5.28. The van der Waals surface area contributed by atoms with E-state index in [0.717, 1.165) is 82.3 Å². The number of Topliss-reactive ketones (excluding diaryl/α,β-unsaturated/α-hetero) is 1. The van der Waals surface area contributed by atoms with Gasteiger partial charge < -0.3 is 4.90 Å². The molecule has 1 saturated heterocycles. The first-order valence-electron chi connectivity index (χ1n) is 17.8. The number of aromatic nitrogens is 3. The summed E-state index contributed by atoms with van der Waals surface area (Å²) >= 11 is 0. The molecule has 0 N–H and O–H groups in total. The molecule has 7 rings (SSSR count). The van der Waals surface area contributed by atoms with E-state index in [4.69, 9.17) is 0 Å². The standard InChI is InChI=1S/C39H47FN6O3/c1-4-43-18-20-44(21-19-43)26-28-8-12-29(13-9-28)30-6-5-7-33(23-30)45-36-34(24-31(40)25-41-36)37(48)46(38(45)49)32-14-10-27(11-15-32)22-35(47)39(16-17-39)42(2)3/h5-9,12-13,23-25,27,32H,4,10-11,14-22,26H2,1-3H3. The fraction of sp³-hybridized carbons (Fsp3) is 0.487. The summed E-state index contributed by atoms with van der Waals surface area (Å²) in [6.45, 7) is 8.56. The van der Waals surface area contributed by atoms with Gasteiger partial charge in [-0.05, 0) is 100.0 Å². The Kier molecular flexibility index (Phi) is 9.39. The van der Waals surface area contributed by atoms with Crippen molar-refractivity contribution < 1.29 is 9.18 Å². The van der Waals surface area contributed by atoms with E-state index in [2.05, 4.69) is 46.0 Å². The third-order valence-corrected chi connectivity index (χ3v) is 11.4. The Balaban J connectivity index is 1.15. The quantitative estimate of drug-likeness (QED) is 0.228. The zero-order chi connectivity index (χ0) is 34.3. The highest BCUT2D eigenvalue weighted by atomic mass is 19.1. The van der Waals surface area contributed by atoms with Crippen LogP contribution in [0.25, 0.3) is 27.8 Å². The monoisotopic (exact) mass is 666 g/mol. The second-order valence-corrected chi connectivity index (χ2v) is 14.5. The number of benzene rings is 2. The summed E-state index contributed by atoms with van der Waals surface area (Å²) in [6, 6.07) is 17.0. The summed E-state index contributed by atoms with van der Waals surface area (Å²) in [6.07, 6.45) is 6.13. The second kappa shape index (κ2) is 13.7. The predicted molar refractivity (Wildman–Crippen MR) is 191 cm³/mol. The van der Waals surface area contributed by atoms with E-state index < -0.39 is 17.1 Å². The lowest BCUT2D eigenvalue weighted by atomic mass is 9.81. The van der Waals surface area contributed by atoms with Crippen molar-refractivity contribution in [2.75, 3.05) is 46.8 Å². The molecule has 10 heteroatoms. The van der Waals surface area contributed by atoms with Gasteiger partial charge in [0.25, 0.3) is 5.56 Å². The van der Waals surface area contributed by atoms with E-state index in [0.29, 0.717) is 30.7 Å². The number of nitrogens with zero attached hydrogens (tertiary/aromatic N) is 6. The molecule has 9 nitrogen and oxygen atoms in total. The van der Waals surface area contributed by atoms with Crippen molar-refractivity contribution >= 4 is 16.8 Å². The van der Waals surface area contributed by atoms with E-state index in [1.807, 2.05) is 43.3 Å². The fourth-order valence-electron chi connectivity index (χ4n) is 8.04. The molecule has 3 heterocycles. The maximum atomic E-state index is 14.5. The molecule has 1 aliphatic heterocycles.